The molecule has 0 radical (unpaired) electrons. The molecule has 0 spiro atoms. The molecule has 0 aliphatic carbocycles. The van der Waals surface area contributed by atoms with E-state index >= 15 is 0 Å². The van der Waals surface area contributed by atoms with Gasteiger partial charge < -0.3 is 10.8 Å². The zero-order chi connectivity index (χ0) is 12.3. The van der Waals surface area contributed by atoms with Crippen LogP contribution in [0.4, 0.5) is 5.95 Å². The average Bonchev–Trinajstić information content (AvgIpc) is 2.30. The molecule has 0 saturated carbocycles. The molecule has 0 aliphatic rings. The van der Waals surface area contributed by atoms with E-state index in [2.05, 4.69) is 16.9 Å². The Labute approximate surface area is 101 Å². The molecule has 0 bridgehead atoms. The Morgan fingerprint density at radius 2 is 2.06 bits per heavy atom. The fourth-order valence-corrected chi connectivity index (χ4v) is 1.91. The average molecular weight is 231 g/mol. The highest BCUT2D eigenvalue weighted by Crippen LogP contribution is 2.23. The van der Waals surface area contributed by atoms with Crippen LogP contribution in [-0.2, 0) is 6.42 Å². The highest BCUT2D eigenvalue weighted by molar-refractivity contribution is 5.84. The number of aryl methyl sites for hydroxylation is 1. The smallest absolute Gasteiger partial charge is 0.223 e. The number of aromatic hydroxyl groups is 1. The molecule has 0 amide bonds. The number of anilines is 1. The lowest BCUT2D eigenvalue weighted by Crippen LogP contribution is -1.96. The molecule has 0 fully saturated rings. The van der Waals surface area contributed by atoms with E-state index < -0.39 is 0 Å². The normalized spacial score (nSPS) is 10.9. The number of rotatable bonds is 4. The number of fused-ring (bicyclic) bond motifs is 1. The Morgan fingerprint density at radius 1 is 1.24 bits per heavy atom. The summed E-state index contributed by atoms with van der Waals surface area (Å²) in [5.74, 6) is 0.0681. The molecule has 17 heavy (non-hydrogen) atoms. The van der Waals surface area contributed by atoms with Gasteiger partial charge in [0.2, 0.25) is 11.8 Å². The first kappa shape index (κ1) is 11.6. The third-order valence-electron chi connectivity index (χ3n) is 2.83. The van der Waals surface area contributed by atoms with Gasteiger partial charge >= 0.3 is 0 Å². The number of nitrogen functional groups attached to an aromatic ring is 1. The first-order chi connectivity index (χ1) is 8.20. The third kappa shape index (κ3) is 2.64. The number of nitrogens with zero attached hydrogens (tertiary/aromatic N) is 2. The van der Waals surface area contributed by atoms with E-state index in [4.69, 9.17) is 5.73 Å². The highest BCUT2D eigenvalue weighted by Gasteiger charge is 2.05. The number of hydrogen-bond donors (Lipinski definition) is 2. The molecule has 1 aromatic carbocycles. The van der Waals surface area contributed by atoms with Crippen LogP contribution in [0, 0.1) is 0 Å². The summed E-state index contributed by atoms with van der Waals surface area (Å²) < 4.78 is 0. The van der Waals surface area contributed by atoms with Gasteiger partial charge in [0.1, 0.15) is 0 Å². The molecule has 0 saturated heterocycles. The molecule has 0 atom stereocenters. The van der Waals surface area contributed by atoms with Crippen molar-refractivity contribution >= 4 is 16.9 Å². The zero-order valence-electron chi connectivity index (χ0n) is 9.98. The minimum atomic E-state index is -0.0372. The SMILES string of the molecule is CCCCCc1ccc2nc(N)nc(O)c2c1. The lowest BCUT2D eigenvalue weighted by molar-refractivity contribution is 0.460. The first-order valence-electron chi connectivity index (χ1n) is 5.96. The molecular weight excluding hydrogens is 214 g/mol. The van der Waals surface area contributed by atoms with Crippen molar-refractivity contribution in [2.24, 2.45) is 0 Å². The molecule has 4 nitrogen and oxygen atoms in total. The Balaban J connectivity index is 2.30. The Morgan fingerprint density at radius 3 is 2.82 bits per heavy atom. The van der Waals surface area contributed by atoms with Gasteiger partial charge in [0, 0.05) is 0 Å². The molecule has 1 aromatic heterocycles. The first-order valence-corrected chi connectivity index (χ1v) is 5.96. The maximum Gasteiger partial charge on any atom is 0.223 e. The van der Waals surface area contributed by atoms with Crippen LogP contribution in [-0.4, -0.2) is 15.1 Å². The summed E-state index contributed by atoms with van der Waals surface area (Å²) >= 11 is 0. The van der Waals surface area contributed by atoms with Crippen LogP contribution >= 0.6 is 0 Å². The lowest BCUT2D eigenvalue weighted by Gasteiger charge is -2.05. The summed E-state index contributed by atoms with van der Waals surface area (Å²) in [6, 6.07) is 5.86. The van der Waals surface area contributed by atoms with Crippen LogP contribution in [0.3, 0.4) is 0 Å². The largest absolute Gasteiger partial charge is 0.493 e. The monoisotopic (exact) mass is 231 g/mol. The molecule has 0 unspecified atom stereocenters. The summed E-state index contributed by atoms with van der Waals surface area (Å²) in [7, 11) is 0. The van der Waals surface area contributed by atoms with Gasteiger partial charge in [-0.05, 0) is 30.5 Å². The van der Waals surface area contributed by atoms with Gasteiger partial charge in [0.05, 0.1) is 10.9 Å². The highest BCUT2D eigenvalue weighted by atomic mass is 16.3. The Hall–Kier alpha value is -1.84. The van der Waals surface area contributed by atoms with Crippen molar-refractivity contribution in [1.82, 2.24) is 9.97 Å². The van der Waals surface area contributed by atoms with Crippen molar-refractivity contribution in [3.63, 3.8) is 0 Å². The fourth-order valence-electron chi connectivity index (χ4n) is 1.91. The minimum absolute atomic E-state index is 0.0372. The second-order valence-corrected chi connectivity index (χ2v) is 4.21. The van der Waals surface area contributed by atoms with Crippen LogP contribution < -0.4 is 5.73 Å². The Kier molecular flexibility index (Phi) is 3.42. The molecule has 2 rings (SSSR count). The zero-order valence-corrected chi connectivity index (χ0v) is 9.98. The standard InChI is InChI=1S/C13H17N3O/c1-2-3-4-5-9-6-7-11-10(8-9)12(17)16-13(14)15-11/h6-8H,2-5H2,1H3,(H3,14,15,16,17). The van der Waals surface area contributed by atoms with E-state index in [0.717, 1.165) is 6.42 Å². The van der Waals surface area contributed by atoms with Crippen LogP contribution in [0.2, 0.25) is 0 Å². The molecule has 90 valence electrons. The van der Waals surface area contributed by atoms with Gasteiger partial charge in [0.15, 0.2) is 0 Å². The summed E-state index contributed by atoms with van der Waals surface area (Å²) in [4.78, 5) is 7.84. The van der Waals surface area contributed by atoms with Crippen LogP contribution in [0.15, 0.2) is 18.2 Å². The van der Waals surface area contributed by atoms with Gasteiger partial charge in [-0.1, -0.05) is 25.8 Å². The van der Waals surface area contributed by atoms with E-state index in [-0.39, 0.29) is 11.8 Å². The van der Waals surface area contributed by atoms with Gasteiger partial charge in [-0.25, -0.2) is 4.98 Å². The number of unbranched alkanes of at least 4 members (excludes halogenated alkanes) is 2. The second kappa shape index (κ2) is 4.99. The fraction of sp³-hybridized carbons (Fsp3) is 0.385. The molecule has 3 N–H and O–H groups in total. The predicted molar refractivity (Wildman–Crippen MR) is 68.8 cm³/mol. The van der Waals surface area contributed by atoms with Crippen molar-refractivity contribution in [2.75, 3.05) is 5.73 Å². The maximum absolute atomic E-state index is 9.72. The van der Waals surface area contributed by atoms with Crippen molar-refractivity contribution in [1.29, 1.82) is 0 Å². The topological polar surface area (TPSA) is 72.0 Å². The molecule has 2 aromatic rings. The number of benzene rings is 1. The van der Waals surface area contributed by atoms with E-state index in [9.17, 15) is 5.11 Å². The van der Waals surface area contributed by atoms with Gasteiger partial charge in [-0.15, -0.1) is 0 Å². The van der Waals surface area contributed by atoms with Gasteiger partial charge in [-0.3, -0.25) is 0 Å². The summed E-state index contributed by atoms with van der Waals surface area (Å²) in [6.45, 7) is 2.18. The summed E-state index contributed by atoms with van der Waals surface area (Å²) in [6.07, 6.45) is 4.62. The van der Waals surface area contributed by atoms with E-state index in [0.29, 0.717) is 10.9 Å². The predicted octanol–water partition coefficient (Wildman–Crippen LogP) is 2.65. The van der Waals surface area contributed by atoms with Gasteiger partial charge in [0.25, 0.3) is 0 Å². The number of nitrogens with two attached hydrogens (primary N) is 1. The van der Waals surface area contributed by atoms with Crippen LogP contribution in [0.25, 0.3) is 10.9 Å². The quantitative estimate of drug-likeness (QED) is 0.793. The van der Waals surface area contributed by atoms with E-state index in [1.54, 1.807) is 0 Å². The maximum atomic E-state index is 9.72. The molecule has 0 aliphatic heterocycles. The third-order valence-corrected chi connectivity index (χ3v) is 2.83. The summed E-state index contributed by atoms with van der Waals surface area (Å²) in [5, 5.41) is 10.4. The van der Waals surface area contributed by atoms with E-state index in [1.807, 2.05) is 18.2 Å². The number of aromatic nitrogens is 2. The van der Waals surface area contributed by atoms with Crippen LogP contribution in [0.1, 0.15) is 31.7 Å². The second-order valence-electron chi connectivity index (χ2n) is 4.21. The molecule has 1 heterocycles. The minimum Gasteiger partial charge on any atom is -0.493 e. The lowest BCUT2D eigenvalue weighted by atomic mass is 10.1. The van der Waals surface area contributed by atoms with Crippen molar-refractivity contribution in [3.05, 3.63) is 23.8 Å². The van der Waals surface area contributed by atoms with Crippen molar-refractivity contribution in [3.8, 4) is 5.88 Å². The van der Waals surface area contributed by atoms with Gasteiger partial charge in [-0.2, -0.15) is 4.98 Å². The number of hydrogen-bond acceptors (Lipinski definition) is 4. The Bertz CT molecular complexity index is 525. The summed E-state index contributed by atoms with van der Waals surface area (Å²) in [5.41, 5.74) is 7.37. The van der Waals surface area contributed by atoms with E-state index in [1.165, 1.54) is 24.8 Å². The van der Waals surface area contributed by atoms with Crippen LogP contribution in [0.5, 0.6) is 5.88 Å². The van der Waals surface area contributed by atoms with Crippen molar-refractivity contribution < 1.29 is 5.11 Å². The van der Waals surface area contributed by atoms with Crippen molar-refractivity contribution in [2.45, 2.75) is 32.6 Å². The molecule has 4 heteroatoms. The molecular formula is C13H17N3O.